The van der Waals surface area contributed by atoms with Gasteiger partial charge in [-0.2, -0.15) is 0 Å². The molecule has 0 atom stereocenters. The van der Waals surface area contributed by atoms with Gasteiger partial charge in [-0.05, 0) is 33.6 Å². The summed E-state index contributed by atoms with van der Waals surface area (Å²) >= 11 is 0. The summed E-state index contributed by atoms with van der Waals surface area (Å²) in [5, 5.41) is 0. The molecule has 0 spiro atoms. The van der Waals surface area contributed by atoms with E-state index in [1.165, 1.54) is 6.08 Å². The molecule has 0 saturated carbocycles. The zero-order valence-corrected chi connectivity index (χ0v) is 10.2. The summed E-state index contributed by atoms with van der Waals surface area (Å²) in [6.07, 6.45) is 3.53. The van der Waals surface area contributed by atoms with Crippen LogP contribution in [0.4, 0.5) is 0 Å². The molecule has 3 nitrogen and oxygen atoms in total. The van der Waals surface area contributed by atoms with Gasteiger partial charge in [0.2, 0.25) is 5.91 Å². The van der Waals surface area contributed by atoms with Crippen LogP contribution in [0.25, 0.3) is 0 Å². The molecule has 0 rings (SSSR count). The largest absolute Gasteiger partial charge is 0.342 e. The summed E-state index contributed by atoms with van der Waals surface area (Å²) in [4.78, 5) is 14.5. The summed E-state index contributed by atoms with van der Waals surface area (Å²) in [7, 11) is 7.79. The first-order chi connectivity index (χ1) is 6.45. The first-order valence-corrected chi connectivity index (χ1v) is 4.94. The lowest BCUT2D eigenvalue weighted by atomic mass is 10.3. The van der Waals surface area contributed by atoms with E-state index in [4.69, 9.17) is 0 Å². The molecule has 0 heterocycles. The van der Waals surface area contributed by atoms with Crippen molar-refractivity contribution in [1.29, 1.82) is 0 Å². The molecule has 0 unspecified atom stereocenters. The summed E-state index contributed by atoms with van der Waals surface area (Å²) in [6.45, 7) is 6.34. The molecule has 0 radical (unpaired) electrons. The molecule has 84 valence electrons. The van der Waals surface area contributed by atoms with E-state index in [0.717, 1.165) is 19.4 Å². The minimum atomic E-state index is 0.00782. The van der Waals surface area contributed by atoms with E-state index >= 15 is 0 Å². The minimum absolute atomic E-state index is 0.00782. The number of rotatable bonds is 4. The second-order valence-electron chi connectivity index (χ2n) is 3.66. The highest BCUT2D eigenvalue weighted by Gasteiger charge is 2.00. The van der Waals surface area contributed by atoms with Gasteiger partial charge in [0, 0.05) is 13.6 Å². The lowest BCUT2D eigenvalue weighted by Gasteiger charge is -2.13. The molecule has 0 aromatic heterocycles. The molecule has 0 aliphatic heterocycles. The molecule has 0 N–H and O–H groups in total. The Balaban J connectivity index is 0. The molecule has 0 aromatic rings. The van der Waals surface area contributed by atoms with Gasteiger partial charge in [0.1, 0.15) is 0 Å². The molecule has 0 aliphatic carbocycles. The third-order valence-corrected chi connectivity index (χ3v) is 1.40. The lowest BCUT2D eigenvalue weighted by Crippen LogP contribution is -2.25. The van der Waals surface area contributed by atoms with Crippen LogP contribution in [0.2, 0.25) is 0 Å². The van der Waals surface area contributed by atoms with Crippen molar-refractivity contribution in [2.75, 3.05) is 34.7 Å². The Morgan fingerprint density at radius 3 is 2.00 bits per heavy atom. The molecule has 0 aromatic carbocycles. The average Bonchev–Trinajstić information content (AvgIpc) is 2.11. The molecule has 0 aliphatic rings. The molecular weight excluding hydrogens is 176 g/mol. The van der Waals surface area contributed by atoms with Crippen LogP contribution in [0.5, 0.6) is 0 Å². The second kappa shape index (κ2) is 10.3. The maximum absolute atomic E-state index is 10.8. The number of unbranched alkanes of at least 4 members (excludes halogenated alkanes) is 1. The Hall–Kier alpha value is -0.830. The number of likely N-dealkylation sites (N-methyl/N-ethyl adjacent to an activating group) is 1. The normalized spacial score (nSPS) is 9.00. The molecule has 1 amide bonds. The highest BCUT2D eigenvalue weighted by atomic mass is 16.2. The standard InChI is InChI=1S/C8H15NO.C3H9N/c1-4-6-7-9(3)8(10)5-2;1-4(2)3/h5H,2,4,6-7H2,1,3H3;1-3H3. The van der Waals surface area contributed by atoms with Crippen molar-refractivity contribution in [2.24, 2.45) is 0 Å². The lowest BCUT2D eigenvalue weighted by molar-refractivity contribution is -0.124. The van der Waals surface area contributed by atoms with Crippen LogP contribution in [0.3, 0.4) is 0 Å². The molecule has 0 fully saturated rings. The molecular formula is C11H24N2O. The summed E-state index contributed by atoms with van der Waals surface area (Å²) in [5.41, 5.74) is 0. The first-order valence-electron chi connectivity index (χ1n) is 4.94. The van der Waals surface area contributed by atoms with Gasteiger partial charge >= 0.3 is 0 Å². The van der Waals surface area contributed by atoms with E-state index < -0.39 is 0 Å². The Bertz CT molecular complexity index is 153. The second-order valence-corrected chi connectivity index (χ2v) is 3.66. The molecule has 0 bridgehead atoms. The minimum Gasteiger partial charge on any atom is -0.342 e. The van der Waals surface area contributed by atoms with Crippen molar-refractivity contribution in [3.8, 4) is 0 Å². The van der Waals surface area contributed by atoms with Crippen molar-refractivity contribution in [3.05, 3.63) is 12.7 Å². The van der Waals surface area contributed by atoms with Crippen molar-refractivity contribution in [2.45, 2.75) is 19.8 Å². The number of carbonyl (C=O) groups is 1. The Morgan fingerprint density at radius 2 is 1.71 bits per heavy atom. The SMILES string of the molecule is C=CC(=O)N(C)CCCC.CN(C)C. The van der Waals surface area contributed by atoms with Crippen LogP contribution in [0, 0.1) is 0 Å². The summed E-state index contributed by atoms with van der Waals surface area (Å²) < 4.78 is 0. The van der Waals surface area contributed by atoms with Crippen LogP contribution in [-0.2, 0) is 4.79 Å². The zero-order chi connectivity index (χ0) is 11.6. The molecule has 3 heteroatoms. The average molecular weight is 200 g/mol. The van der Waals surface area contributed by atoms with Gasteiger partial charge in [-0.15, -0.1) is 0 Å². The number of amides is 1. The Labute approximate surface area is 88.4 Å². The van der Waals surface area contributed by atoms with Crippen LogP contribution in [0.15, 0.2) is 12.7 Å². The zero-order valence-electron chi connectivity index (χ0n) is 10.2. The highest BCUT2D eigenvalue weighted by Crippen LogP contribution is 1.91. The van der Waals surface area contributed by atoms with Crippen LogP contribution < -0.4 is 0 Å². The fourth-order valence-electron chi connectivity index (χ4n) is 0.661. The van der Waals surface area contributed by atoms with Gasteiger partial charge in [-0.1, -0.05) is 19.9 Å². The van der Waals surface area contributed by atoms with Crippen molar-refractivity contribution >= 4 is 5.91 Å². The summed E-state index contributed by atoms with van der Waals surface area (Å²) in [5.74, 6) is 0.00782. The predicted octanol–water partition coefficient (Wildman–Crippen LogP) is 1.61. The van der Waals surface area contributed by atoms with Crippen molar-refractivity contribution in [1.82, 2.24) is 9.80 Å². The third-order valence-electron chi connectivity index (χ3n) is 1.40. The maximum atomic E-state index is 10.8. The number of hydrogen-bond acceptors (Lipinski definition) is 2. The van der Waals surface area contributed by atoms with Crippen molar-refractivity contribution < 1.29 is 4.79 Å². The number of hydrogen-bond donors (Lipinski definition) is 0. The maximum Gasteiger partial charge on any atom is 0.245 e. The van der Waals surface area contributed by atoms with Gasteiger partial charge in [0.05, 0.1) is 0 Å². The third kappa shape index (κ3) is 13.7. The van der Waals surface area contributed by atoms with Gasteiger partial charge < -0.3 is 9.80 Å². The van der Waals surface area contributed by atoms with Crippen LogP contribution in [-0.4, -0.2) is 50.4 Å². The van der Waals surface area contributed by atoms with E-state index in [9.17, 15) is 4.79 Å². The fraction of sp³-hybridized carbons (Fsp3) is 0.727. The van der Waals surface area contributed by atoms with Gasteiger partial charge in [0.25, 0.3) is 0 Å². The number of nitrogens with zero attached hydrogens (tertiary/aromatic N) is 2. The topological polar surface area (TPSA) is 23.6 Å². The quantitative estimate of drug-likeness (QED) is 0.644. The van der Waals surface area contributed by atoms with Gasteiger partial charge in [-0.3, -0.25) is 4.79 Å². The smallest absolute Gasteiger partial charge is 0.245 e. The van der Waals surface area contributed by atoms with E-state index in [2.05, 4.69) is 13.5 Å². The number of carbonyl (C=O) groups excluding carboxylic acids is 1. The van der Waals surface area contributed by atoms with Gasteiger partial charge in [-0.25, -0.2) is 0 Å². The highest BCUT2D eigenvalue weighted by molar-refractivity contribution is 5.86. The van der Waals surface area contributed by atoms with E-state index in [1.54, 1.807) is 11.9 Å². The van der Waals surface area contributed by atoms with E-state index in [-0.39, 0.29) is 5.91 Å². The van der Waals surface area contributed by atoms with Gasteiger partial charge in [0.15, 0.2) is 0 Å². The molecule has 0 saturated heterocycles. The first kappa shape index (κ1) is 15.6. The van der Waals surface area contributed by atoms with Crippen molar-refractivity contribution in [3.63, 3.8) is 0 Å². The summed E-state index contributed by atoms with van der Waals surface area (Å²) in [6, 6.07) is 0. The van der Waals surface area contributed by atoms with Crippen LogP contribution in [0.1, 0.15) is 19.8 Å². The predicted molar refractivity (Wildman–Crippen MR) is 62.4 cm³/mol. The Morgan fingerprint density at radius 1 is 1.29 bits per heavy atom. The monoisotopic (exact) mass is 200 g/mol. The Kier molecular flexibility index (Phi) is 11.4. The van der Waals surface area contributed by atoms with E-state index in [1.807, 2.05) is 26.0 Å². The van der Waals surface area contributed by atoms with Crippen LogP contribution >= 0.6 is 0 Å². The molecule has 14 heavy (non-hydrogen) atoms. The van der Waals surface area contributed by atoms with E-state index in [0.29, 0.717) is 0 Å². The fourth-order valence-corrected chi connectivity index (χ4v) is 0.661.